The van der Waals surface area contributed by atoms with E-state index in [1.807, 2.05) is 6.34 Å². The third-order valence-corrected chi connectivity index (χ3v) is 4.70. The predicted molar refractivity (Wildman–Crippen MR) is 75.5 cm³/mol. The number of piperidine rings is 1. The van der Waals surface area contributed by atoms with Crippen molar-refractivity contribution in [1.82, 2.24) is 0 Å². The van der Waals surface area contributed by atoms with Crippen LogP contribution in [0.15, 0.2) is 23.2 Å². The lowest BCUT2D eigenvalue weighted by atomic mass is 9.88. The number of benzene rings is 1. The smallest absolute Gasteiger partial charge is 0.192 e. The number of para-hydroxylation sites is 1. The molecular formula is C15H20N3O+. The molecule has 100 valence electrons. The quantitative estimate of drug-likeness (QED) is 0.779. The van der Waals surface area contributed by atoms with Crippen molar-refractivity contribution < 1.29 is 10.1 Å². The maximum Gasteiger partial charge on any atom is 0.192 e. The number of ether oxygens (including phenoxy) is 1. The molecule has 2 N–H and O–H groups in total. The molecule has 0 amide bonds. The summed E-state index contributed by atoms with van der Waals surface area (Å²) >= 11 is 0. The third-order valence-electron chi connectivity index (χ3n) is 4.70. The number of anilines is 1. The van der Waals surface area contributed by atoms with Crippen LogP contribution in [0.1, 0.15) is 25.7 Å². The second-order valence-corrected chi connectivity index (χ2v) is 5.78. The summed E-state index contributed by atoms with van der Waals surface area (Å²) in [4.78, 5) is 6.98. The van der Waals surface area contributed by atoms with E-state index >= 15 is 0 Å². The highest BCUT2D eigenvalue weighted by atomic mass is 16.5. The van der Waals surface area contributed by atoms with Crippen LogP contribution in [-0.4, -0.2) is 31.6 Å². The zero-order chi connectivity index (χ0) is 12.7. The number of rotatable bonds is 1. The average molecular weight is 258 g/mol. The number of nitrogens with two attached hydrogens (primary N) is 1. The molecule has 4 heteroatoms. The first-order valence-corrected chi connectivity index (χ1v) is 7.26. The van der Waals surface area contributed by atoms with Crippen molar-refractivity contribution in [2.75, 3.05) is 24.6 Å². The first-order valence-electron chi connectivity index (χ1n) is 7.26. The summed E-state index contributed by atoms with van der Waals surface area (Å²) in [6, 6.07) is 6.47. The van der Waals surface area contributed by atoms with Gasteiger partial charge in [-0.25, -0.2) is 0 Å². The van der Waals surface area contributed by atoms with Crippen molar-refractivity contribution >= 4 is 23.4 Å². The molecule has 0 radical (unpaired) electrons. The van der Waals surface area contributed by atoms with Crippen LogP contribution in [0.3, 0.4) is 0 Å². The molecule has 3 aliphatic heterocycles. The fourth-order valence-corrected chi connectivity index (χ4v) is 3.58. The van der Waals surface area contributed by atoms with Crippen LogP contribution in [0, 0.1) is 0 Å². The molecule has 0 aromatic heterocycles. The van der Waals surface area contributed by atoms with Gasteiger partial charge in [0.1, 0.15) is 0 Å². The fourth-order valence-electron chi connectivity index (χ4n) is 3.58. The van der Waals surface area contributed by atoms with Crippen molar-refractivity contribution in [3.05, 3.63) is 18.2 Å². The molecule has 0 atom stereocenters. The molecule has 19 heavy (non-hydrogen) atoms. The number of nitrogens with zero attached hydrogens (tertiary/aromatic N) is 2. The lowest BCUT2D eigenvalue weighted by molar-refractivity contribution is -0.427. The summed E-state index contributed by atoms with van der Waals surface area (Å²) in [5, 5.41) is 2.09. The maximum atomic E-state index is 6.00. The molecule has 1 aromatic carbocycles. The van der Waals surface area contributed by atoms with E-state index < -0.39 is 0 Å². The minimum absolute atomic E-state index is 0.198. The molecule has 0 aliphatic carbocycles. The molecule has 3 aliphatic rings. The minimum atomic E-state index is 0.198. The van der Waals surface area contributed by atoms with Crippen LogP contribution < -0.4 is 10.2 Å². The van der Waals surface area contributed by atoms with E-state index in [9.17, 15) is 0 Å². The Hall–Kier alpha value is -1.39. The van der Waals surface area contributed by atoms with Gasteiger partial charge in [-0.3, -0.25) is 5.32 Å². The zero-order valence-corrected chi connectivity index (χ0v) is 11.1. The van der Waals surface area contributed by atoms with Crippen molar-refractivity contribution in [3.8, 4) is 0 Å². The van der Waals surface area contributed by atoms with Crippen LogP contribution in [0.25, 0.3) is 0 Å². The first-order chi connectivity index (χ1) is 9.36. The van der Waals surface area contributed by atoms with Crippen molar-refractivity contribution in [2.45, 2.75) is 31.3 Å². The molecule has 1 aromatic rings. The van der Waals surface area contributed by atoms with Gasteiger partial charge in [0.15, 0.2) is 17.7 Å². The molecule has 4 rings (SSSR count). The van der Waals surface area contributed by atoms with E-state index in [0.29, 0.717) is 0 Å². The highest BCUT2D eigenvalue weighted by molar-refractivity contribution is 5.82. The van der Waals surface area contributed by atoms with Gasteiger partial charge in [-0.2, -0.15) is 4.99 Å². The molecular weight excluding hydrogens is 238 g/mol. The van der Waals surface area contributed by atoms with E-state index in [-0.39, 0.29) is 5.60 Å². The fraction of sp³-hybridized carbons (Fsp3) is 0.533. The zero-order valence-electron chi connectivity index (χ0n) is 11.1. The minimum Gasteiger partial charge on any atom is -0.375 e. The third kappa shape index (κ3) is 1.86. The van der Waals surface area contributed by atoms with E-state index in [0.717, 1.165) is 38.2 Å². The normalized spacial score (nSPS) is 24.1. The lowest BCUT2D eigenvalue weighted by Gasteiger charge is -2.39. The van der Waals surface area contributed by atoms with Gasteiger partial charge in [-0.15, -0.1) is 0 Å². The van der Waals surface area contributed by atoms with Gasteiger partial charge in [0.05, 0.1) is 11.3 Å². The SMILES string of the molecule is C1=Nc2c(cccc2N2CCC3(CCCO3)CC2)[NH2+]1. The van der Waals surface area contributed by atoms with Crippen molar-refractivity contribution in [3.63, 3.8) is 0 Å². The van der Waals surface area contributed by atoms with Crippen LogP contribution in [0.4, 0.5) is 17.1 Å². The summed E-state index contributed by atoms with van der Waals surface area (Å²) in [6.45, 7) is 3.14. The van der Waals surface area contributed by atoms with Crippen LogP contribution >= 0.6 is 0 Å². The molecule has 2 fully saturated rings. The second-order valence-electron chi connectivity index (χ2n) is 5.78. The highest BCUT2D eigenvalue weighted by Crippen LogP contribution is 2.40. The standard InChI is InChI=1S/C15H19N3O/c1-3-12-14(17-11-16-12)13(4-1)18-8-6-15(7-9-18)5-2-10-19-15/h1,3-4,11H,2,5-10H2,(H,16,17)/p+1. The van der Waals surface area contributed by atoms with E-state index in [1.54, 1.807) is 0 Å². The Bertz CT molecular complexity index is 510. The van der Waals surface area contributed by atoms with Gasteiger partial charge in [0, 0.05) is 25.8 Å². The Morgan fingerprint density at radius 3 is 2.89 bits per heavy atom. The summed E-state index contributed by atoms with van der Waals surface area (Å²) < 4.78 is 6.00. The van der Waals surface area contributed by atoms with Crippen molar-refractivity contribution in [2.24, 2.45) is 4.99 Å². The monoisotopic (exact) mass is 258 g/mol. The summed E-state index contributed by atoms with van der Waals surface area (Å²) in [5.74, 6) is 0. The summed E-state index contributed by atoms with van der Waals surface area (Å²) in [5.41, 5.74) is 3.88. The lowest BCUT2D eigenvalue weighted by Crippen LogP contribution is -2.74. The number of hydrogen-bond acceptors (Lipinski definition) is 3. The number of aliphatic imine (C=N–C) groups is 1. The van der Waals surface area contributed by atoms with Crippen LogP contribution in [0.2, 0.25) is 0 Å². The molecule has 0 bridgehead atoms. The van der Waals surface area contributed by atoms with E-state index in [4.69, 9.17) is 4.74 Å². The maximum absolute atomic E-state index is 6.00. The van der Waals surface area contributed by atoms with Gasteiger partial charge in [-0.05, 0) is 31.7 Å². The Balaban J connectivity index is 1.56. The predicted octanol–water partition coefficient (Wildman–Crippen LogP) is 1.70. The second kappa shape index (κ2) is 4.32. The van der Waals surface area contributed by atoms with Gasteiger partial charge in [0.25, 0.3) is 0 Å². The topological polar surface area (TPSA) is 41.4 Å². The Kier molecular flexibility index (Phi) is 2.60. The first kappa shape index (κ1) is 11.4. The van der Waals surface area contributed by atoms with E-state index in [1.165, 1.54) is 24.2 Å². The average Bonchev–Trinajstić information content (AvgIpc) is 3.09. The van der Waals surface area contributed by atoms with E-state index in [2.05, 4.69) is 33.4 Å². The number of hydrogen-bond donors (Lipinski definition) is 1. The molecule has 1 spiro atoms. The van der Waals surface area contributed by atoms with Gasteiger partial charge >= 0.3 is 0 Å². The van der Waals surface area contributed by atoms with Gasteiger partial charge in [-0.1, -0.05) is 6.07 Å². The highest BCUT2D eigenvalue weighted by Gasteiger charge is 2.38. The Morgan fingerprint density at radius 2 is 2.11 bits per heavy atom. The molecule has 2 saturated heterocycles. The molecule has 0 unspecified atom stereocenters. The summed E-state index contributed by atoms with van der Waals surface area (Å²) in [6.07, 6.45) is 6.70. The molecule has 3 heterocycles. The Morgan fingerprint density at radius 1 is 1.21 bits per heavy atom. The number of fused-ring (bicyclic) bond motifs is 1. The molecule has 0 saturated carbocycles. The van der Waals surface area contributed by atoms with Crippen LogP contribution in [-0.2, 0) is 4.74 Å². The van der Waals surface area contributed by atoms with Crippen LogP contribution in [0.5, 0.6) is 0 Å². The summed E-state index contributed by atoms with van der Waals surface area (Å²) in [7, 11) is 0. The number of quaternary nitrogens is 1. The largest absolute Gasteiger partial charge is 0.375 e. The van der Waals surface area contributed by atoms with Gasteiger partial charge in [0.2, 0.25) is 0 Å². The molecule has 4 nitrogen and oxygen atoms in total. The van der Waals surface area contributed by atoms with Crippen molar-refractivity contribution in [1.29, 1.82) is 0 Å². The Labute approximate surface area is 113 Å². The van der Waals surface area contributed by atoms with Gasteiger partial charge < -0.3 is 9.64 Å².